The minimum atomic E-state index is 1.14. The number of benzene rings is 1. The monoisotopic (exact) mass is 144 g/mol. The summed E-state index contributed by atoms with van der Waals surface area (Å²) in [6.07, 6.45) is 7.06. The zero-order chi connectivity index (χ0) is 7.68. The highest BCUT2D eigenvalue weighted by Crippen LogP contribution is 2.24. The molecule has 1 aromatic carbocycles. The fourth-order valence-corrected chi connectivity index (χ4v) is 1.69. The van der Waals surface area contributed by atoms with Gasteiger partial charge in [0.2, 0.25) is 0 Å². The third kappa shape index (κ3) is 1.18. The van der Waals surface area contributed by atoms with Gasteiger partial charge in [0.05, 0.1) is 0 Å². The SMILES string of the molecule is Cc1cccc2c1CCC[C]2. The number of rotatable bonds is 0. The summed E-state index contributed by atoms with van der Waals surface area (Å²) in [6.45, 7) is 2.19. The predicted octanol–water partition coefficient (Wildman–Crippen LogP) is 2.76. The lowest BCUT2D eigenvalue weighted by Crippen LogP contribution is -2.02. The molecule has 0 aliphatic heterocycles. The zero-order valence-electron chi connectivity index (χ0n) is 6.85. The molecule has 0 amide bonds. The predicted molar refractivity (Wildman–Crippen MR) is 46.5 cm³/mol. The number of aryl methyl sites for hydroxylation is 1. The van der Waals surface area contributed by atoms with E-state index in [0.29, 0.717) is 0 Å². The molecule has 0 saturated heterocycles. The van der Waals surface area contributed by atoms with Crippen LogP contribution in [-0.2, 0) is 6.42 Å². The van der Waals surface area contributed by atoms with Crippen molar-refractivity contribution in [1.82, 2.24) is 0 Å². The molecule has 0 heteroatoms. The highest BCUT2D eigenvalue weighted by molar-refractivity contribution is 5.40. The van der Waals surface area contributed by atoms with E-state index in [0.717, 1.165) is 6.42 Å². The molecular formula is C11H12. The number of hydrogen-bond donors (Lipinski definition) is 0. The second kappa shape index (κ2) is 2.69. The molecule has 1 aliphatic rings. The average molecular weight is 144 g/mol. The van der Waals surface area contributed by atoms with Crippen LogP contribution in [0.15, 0.2) is 18.2 Å². The lowest BCUT2D eigenvalue weighted by molar-refractivity contribution is 0.770. The van der Waals surface area contributed by atoms with Gasteiger partial charge in [0, 0.05) is 6.42 Å². The van der Waals surface area contributed by atoms with Crippen molar-refractivity contribution in [3.8, 4) is 0 Å². The van der Waals surface area contributed by atoms with Crippen molar-refractivity contribution in [2.75, 3.05) is 0 Å². The first-order valence-electron chi connectivity index (χ1n) is 4.20. The molecule has 1 aliphatic carbocycles. The zero-order valence-corrected chi connectivity index (χ0v) is 6.85. The molecule has 56 valence electrons. The van der Waals surface area contributed by atoms with Gasteiger partial charge in [0.1, 0.15) is 0 Å². The number of fused-ring (bicyclic) bond motifs is 1. The first kappa shape index (κ1) is 6.90. The fraction of sp³-hybridized carbons (Fsp3) is 0.364. The molecule has 11 heavy (non-hydrogen) atoms. The van der Waals surface area contributed by atoms with Crippen molar-refractivity contribution in [1.29, 1.82) is 0 Å². The molecule has 0 spiro atoms. The quantitative estimate of drug-likeness (QED) is 0.525. The Morgan fingerprint density at radius 3 is 3.09 bits per heavy atom. The van der Waals surface area contributed by atoms with Gasteiger partial charge in [0.25, 0.3) is 0 Å². The van der Waals surface area contributed by atoms with E-state index in [1.54, 1.807) is 0 Å². The average Bonchev–Trinajstić information content (AvgIpc) is 2.06. The summed E-state index contributed by atoms with van der Waals surface area (Å²) in [4.78, 5) is 0. The summed E-state index contributed by atoms with van der Waals surface area (Å²) in [6, 6.07) is 6.47. The Morgan fingerprint density at radius 2 is 2.27 bits per heavy atom. The molecule has 0 fully saturated rings. The summed E-state index contributed by atoms with van der Waals surface area (Å²) < 4.78 is 0. The fourth-order valence-electron chi connectivity index (χ4n) is 1.69. The van der Waals surface area contributed by atoms with Crippen molar-refractivity contribution in [3.63, 3.8) is 0 Å². The van der Waals surface area contributed by atoms with Crippen LogP contribution in [0.2, 0.25) is 0 Å². The first-order valence-corrected chi connectivity index (χ1v) is 4.20. The van der Waals surface area contributed by atoms with Crippen molar-refractivity contribution in [2.45, 2.75) is 26.2 Å². The van der Waals surface area contributed by atoms with Gasteiger partial charge in [-0.1, -0.05) is 18.2 Å². The van der Waals surface area contributed by atoms with Crippen LogP contribution in [0.3, 0.4) is 0 Å². The van der Waals surface area contributed by atoms with Crippen LogP contribution in [-0.4, -0.2) is 0 Å². The summed E-state index contributed by atoms with van der Waals surface area (Å²) >= 11 is 0. The molecule has 0 N–H and O–H groups in total. The van der Waals surface area contributed by atoms with E-state index in [1.807, 2.05) is 0 Å². The maximum Gasteiger partial charge on any atom is 0.0167 e. The van der Waals surface area contributed by atoms with Gasteiger partial charge in [-0.25, -0.2) is 0 Å². The van der Waals surface area contributed by atoms with Crippen LogP contribution in [0, 0.1) is 13.3 Å². The molecule has 2 rings (SSSR count). The van der Waals surface area contributed by atoms with E-state index in [2.05, 4.69) is 31.5 Å². The highest BCUT2D eigenvalue weighted by atomic mass is 14.1. The molecule has 0 unspecified atom stereocenters. The topological polar surface area (TPSA) is 0 Å². The Balaban J connectivity index is 2.49. The second-order valence-corrected chi connectivity index (χ2v) is 3.13. The number of hydrogen-bond acceptors (Lipinski definition) is 0. The van der Waals surface area contributed by atoms with Gasteiger partial charge in [-0.3, -0.25) is 0 Å². The summed E-state index contributed by atoms with van der Waals surface area (Å²) in [5.74, 6) is 0. The second-order valence-electron chi connectivity index (χ2n) is 3.13. The third-order valence-corrected chi connectivity index (χ3v) is 2.33. The molecule has 0 saturated carbocycles. The van der Waals surface area contributed by atoms with Crippen molar-refractivity contribution in [3.05, 3.63) is 41.3 Å². The minimum Gasteiger partial charge on any atom is -0.0617 e. The van der Waals surface area contributed by atoms with Gasteiger partial charge in [-0.05, 0) is 42.9 Å². The standard InChI is InChI=1S/C11H12/c1-9-5-4-7-10-6-2-3-8-11(9)10/h4-5,7H,2-3,8H2,1H3. The van der Waals surface area contributed by atoms with E-state index in [9.17, 15) is 0 Å². The van der Waals surface area contributed by atoms with Crippen molar-refractivity contribution >= 4 is 0 Å². The van der Waals surface area contributed by atoms with Crippen LogP contribution in [0.1, 0.15) is 29.5 Å². The van der Waals surface area contributed by atoms with Crippen LogP contribution in [0.25, 0.3) is 0 Å². The van der Waals surface area contributed by atoms with Crippen LogP contribution >= 0.6 is 0 Å². The Bertz CT molecular complexity index is 261. The lowest BCUT2D eigenvalue weighted by Gasteiger charge is -2.16. The van der Waals surface area contributed by atoms with Crippen LogP contribution < -0.4 is 0 Å². The smallest absolute Gasteiger partial charge is 0.0167 e. The van der Waals surface area contributed by atoms with Crippen molar-refractivity contribution in [2.24, 2.45) is 0 Å². The van der Waals surface area contributed by atoms with E-state index in [-0.39, 0.29) is 0 Å². The Morgan fingerprint density at radius 1 is 1.36 bits per heavy atom. The maximum atomic E-state index is 3.40. The van der Waals surface area contributed by atoms with Crippen LogP contribution in [0.4, 0.5) is 0 Å². The molecule has 0 atom stereocenters. The Hall–Kier alpha value is -0.780. The summed E-state index contributed by atoms with van der Waals surface area (Å²) in [5, 5.41) is 0. The minimum absolute atomic E-state index is 1.14. The van der Waals surface area contributed by atoms with Gasteiger partial charge < -0.3 is 0 Å². The van der Waals surface area contributed by atoms with E-state index in [1.165, 1.54) is 29.5 Å². The van der Waals surface area contributed by atoms with Gasteiger partial charge >= 0.3 is 0 Å². The van der Waals surface area contributed by atoms with Gasteiger partial charge in [-0.2, -0.15) is 0 Å². The highest BCUT2D eigenvalue weighted by Gasteiger charge is 2.10. The van der Waals surface area contributed by atoms with E-state index < -0.39 is 0 Å². The van der Waals surface area contributed by atoms with Crippen molar-refractivity contribution < 1.29 is 0 Å². The van der Waals surface area contributed by atoms with Gasteiger partial charge in [0.15, 0.2) is 0 Å². The molecular weight excluding hydrogens is 132 g/mol. The Labute approximate surface area is 68.3 Å². The molecule has 2 radical (unpaired) electrons. The lowest BCUT2D eigenvalue weighted by atomic mass is 9.89. The molecule has 0 nitrogen and oxygen atoms in total. The van der Waals surface area contributed by atoms with Crippen LogP contribution in [0.5, 0.6) is 0 Å². The summed E-state index contributed by atoms with van der Waals surface area (Å²) in [5.41, 5.74) is 4.28. The normalized spacial score (nSPS) is 16.1. The maximum absolute atomic E-state index is 3.40. The Kier molecular flexibility index (Phi) is 1.69. The molecule has 0 aromatic heterocycles. The molecule has 0 heterocycles. The summed E-state index contributed by atoms with van der Waals surface area (Å²) in [7, 11) is 0. The van der Waals surface area contributed by atoms with Gasteiger partial charge in [-0.15, -0.1) is 0 Å². The third-order valence-electron chi connectivity index (χ3n) is 2.33. The van der Waals surface area contributed by atoms with E-state index >= 15 is 0 Å². The first-order chi connectivity index (χ1) is 5.38. The molecule has 1 aromatic rings. The molecule has 0 bridgehead atoms. The largest absolute Gasteiger partial charge is 0.0617 e. The van der Waals surface area contributed by atoms with E-state index in [4.69, 9.17) is 0 Å².